The summed E-state index contributed by atoms with van der Waals surface area (Å²) in [5.41, 5.74) is 2.89. The van der Waals surface area contributed by atoms with Crippen LogP contribution in [0.15, 0.2) is 24.3 Å². The van der Waals surface area contributed by atoms with Crippen molar-refractivity contribution in [2.24, 2.45) is 0 Å². The SMILES string of the molecule is O=C(O)CCSC1CCCCc2ccccc21. The topological polar surface area (TPSA) is 37.3 Å². The van der Waals surface area contributed by atoms with Crippen LogP contribution in [0.1, 0.15) is 42.1 Å². The van der Waals surface area contributed by atoms with Crippen molar-refractivity contribution in [1.29, 1.82) is 0 Å². The molecule has 0 radical (unpaired) electrons. The van der Waals surface area contributed by atoms with Gasteiger partial charge in [0.2, 0.25) is 0 Å². The van der Waals surface area contributed by atoms with E-state index in [4.69, 9.17) is 5.11 Å². The van der Waals surface area contributed by atoms with E-state index < -0.39 is 5.97 Å². The second-order valence-electron chi connectivity index (χ2n) is 4.45. The van der Waals surface area contributed by atoms with Crippen molar-refractivity contribution < 1.29 is 9.90 Å². The van der Waals surface area contributed by atoms with Gasteiger partial charge in [0.05, 0.1) is 6.42 Å². The van der Waals surface area contributed by atoms with E-state index in [1.54, 1.807) is 11.8 Å². The Balaban J connectivity index is 2.04. The number of thioether (sulfide) groups is 1. The number of carboxylic acids is 1. The van der Waals surface area contributed by atoms with Gasteiger partial charge in [-0.15, -0.1) is 0 Å². The van der Waals surface area contributed by atoms with Gasteiger partial charge >= 0.3 is 5.97 Å². The Bertz CT molecular complexity index is 390. The molecule has 1 atom stereocenters. The number of aliphatic carboxylic acids is 1. The van der Waals surface area contributed by atoms with Crippen molar-refractivity contribution in [2.75, 3.05) is 5.75 Å². The molecule has 0 spiro atoms. The third kappa shape index (κ3) is 3.50. The molecular formula is C14H18O2S. The zero-order valence-corrected chi connectivity index (χ0v) is 10.7. The molecule has 2 nitrogen and oxygen atoms in total. The standard InChI is InChI=1S/C14H18O2S/c15-14(16)9-10-17-13-8-4-2-6-11-5-1-3-7-12(11)13/h1,3,5,7,13H,2,4,6,8-10H2,(H,15,16). The van der Waals surface area contributed by atoms with Crippen LogP contribution in [0.5, 0.6) is 0 Å². The molecule has 17 heavy (non-hydrogen) atoms. The number of hydrogen-bond donors (Lipinski definition) is 1. The van der Waals surface area contributed by atoms with Gasteiger partial charge in [-0.1, -0.05) is 30.7 Å². The van der Waals surface area contributed by atoms with Gasteiger partial charge in [-0.05, 0) is 30.4 Å². The highest BCUT2D eigenvalue weighted by Crippen LogP contribution is 2.38. The summed E-state index contributed by atoms with van der Waals surface area (Å²) in [5, 5.41) is 9.17. The maximum absolute atomic E-state index is 10.5. The smallest absolute Gasteiger partial charge is 0.304 e. The molecule has 0 aliphatic heterocycles. The minimum atomic E-state index is -0.695. The molecule has 0 heterocycles. The third-order valence-corrected chi connectivity index (χ3v) is 4.53. The Hall–Kier alpha value is -0.960. The van der Waals surface area contributed by atoms with Crippen LogP contribution >= 0.6 is 11.8 Å². The van der Waals surface area contributed by atoms with Crippen LogP contribution in [0.2, 0.25) is 0 Å². The fourth-order valence-electron chi connectivity index (χ4n) is 2.34. The highest BCUT2D eigenvalue weighted by molar-refractivity contribution is 7.99. The van der Waals surface area contributed by atoms with Gasteiger partial charge in [0, 0.05) is 11.0 Å². The molecule has 1 aliphatic carbocycles. The molecule has 0 bridgehead atoms. The summed E-state index contributed by atoms with van der Waals surface area (Å²) in [7, 11) is 0. The average molecular weight is 250 g/mol. The van der Waals surface area contributed by atoms with Crippen LogP contribution < -0.4 is 0 Å². The summed E-state index contributed by atoms with van der Waals surface area (Å²) in [6.07, 6.45) is 5.13. The van der Waals surface area contributed by atoms with Crippen molar-refractivity contribution in [3.8, 4) is 0 Å². The van der Waals surface area contributed by atoms with Gasteiger partial charge < -0.3 is 5.11 Å². The Morgan fingerprint density at radius 2 is 2.18 bits per heavy atom. The van der Waals surface area contributed by atoms with Gasteiger partial charge in [-0.25, -0.2) is 0 Å². The van der Waals surface area contributed by atoms with Crippen LogP contribution in [0.4, 0.5) is 0 Å². The molecular weight excluding hydrogens is 232 g/mol. The Morgan fingerprint density at radius 1 is 1.35 bits per heavy atom. The van der Waals surface area contributed by atoms with Crippen molar-refractivity contribution >= 4 is 17.7 Å². The van der Waals surface area contributed by atoms with E-state index in [-0.39, 0.29) is 6.42 Å². The predicted molar refractivity (Wildman–Crippen MR) is 71.4 cm³/mol. The molecule has 3 heteroatoms. The molecule has 92 valence electrons. The van der Waals surface area contributed by atoms with E-state index in [1.807, 2.05) is 0 Å². The molecule has 0 amide bonds. The maximum atomic E-state index is 10.5. The zero-order chi connectivity index (χ0) is 12.1. The minimum Gasteiger partial charge on any atom is -0.481 e. The Labute approximate surface area is 106 Å². The maximum Gasteiger partial charge on any atom is 0.304 e. The minimum absolute atomic E-state index is 0.267. The summed E-state index contributed by atoms with van der Waals surface area (Å²) < 4.78 is 0. The van der Waals surface area contributed by atoms with Gasteiger partial charge in [0.25, 0.3) is 0 Å². The van der Waals surface area contributed by atoms with E-state index >= 15 is 0 Å². The summed E-state index contributed by atoms with van der Waals surface area (Å²) in [4.78, 5) is 10.5. The van der Waals surface area contributed by atoms with Gasteiger partial charge in [0.15, 0.2) is 0 Å². The molecule has 1 aromatic rings. The average Bonchev–Trinajstić information content (AvgIpc) is 2.52. The fourth-order valence-corrected chi connectivity index (χ4v) is 3.66. The molecule has 1 aromatic carbocycles. The van der Waals surface area contributed by atoms with E-state index in [9.17, 15) is 4.79 Å². The van der Waals surface area contributed by atoms with E-state index in [0.29, 0.717) is 11.0 Å². The van der Waals surface area contributed by atoms with Crippen LogP contribution in [0.25, 0.3) is 0 Å². The largest absolute Gasteiger partial charge is 0.481 e. The summed E-state index contributed by atoms with van der Waals surface area (Å²) in [6, 6.07) is 8.61. The van der Waals surface area contributed by atoms with Crippen LogP contribution in [0.3, 0.4) is 0 Å². The highest BCUT2D eigenvalue weighted by Gasteiger charge is 2.18. The second kappa shape index (κ2) is 6.10. The van der Waals surface area contributed by atoms with Crippen LogP contribution in [-0.4, -0.2) is 16.8 Å². The lowest BCUT2D eigenvalue weighted by molar-refractivity contribution is -0.136. The van der Waals surface area contributed by atoms with Gasteiger partial charge in [0.1, 0.15) is 0 Å². The monoisotopic (exact) mass is 250 g/mol. The number of carbonyl (C=O) groups is 1. The van der Waals surface area contributed by atoms with Crippen LogP contribution in [0, 0.1) is 0 Å². The summed E-state index contributed by atoms with van der Waals surface area (Å²) >= 11 is 1.80. The lowest BCUT2D eigenvalue weighted by Crippen LogP contribution is -2.01. The molecule has 2 rings (SSSR count). The Morgan fingerprint density at radius 3 is 3.00 bits per heavy atom. The van der Waals surface area contributed by atoms with E-state index in [1.165, 1.54) is 36.8 Å². The number of rotatable bonds is 4. The third-order valence-electron chi connectivity index (χ3n) is 3.20. The predicted octanol–water partition coefficient (Wildman–Crippen LogP) is 3.66. The molecule has 1 aliphatic rings. The molecule has 0 aromatic heterocycles. The first-order valence-electron chi connectivity index (χ1n) is 6.18. The summed E-state index contributed by atoms with van der Waals surface area (Å²) in [6.45, 7) is 0. The first-order valence-corrected chi connectivity index (χ1v) is 7.23. The highest BCUT2D eigenvalue weighted by atomic mass is 32.2. The fraction of sp³-hybridized carbons (Fsp3) is 0.500. The second-order valence-corrected chi connectivity index (χ2v) is 5.76. The molecule has 0 saturated carbocycles. The number of fused-ring (bicyclic) bond motifs is 1. The van der Waals surface area contributed by atoms with Crippen molar-refractivity contribution in [1.82, 2.24) is 0 Å². The zero-order valence-electron chi connectivity index (χ0n) is 9.89. The van der Waals surface area contributed by atoms with Crippen molar-refractivity contribution in [3.63, 3.8) is 0 Å². The Kier molecular flexibility index (Phi) is 4.49. The van der Waals surface area contributed by atoms with Crippen molar-refractivity contribution in [3.05, 3.63) is 35.4 Å². The summed E-state index contributed by atoms with van der Waals surface area (Å²) in [5.74, 6) is 0.0216. The number of aryl methyl sites for hydroxylation is 1. The quantitative estimate of drug-likeness (QED) is 0.829. The molecule has 0 saturated heterocycles. The van der Waals surface area contributed by atoms with Crippen molar-refractivity contribution in [2.45, 2.75) is 37.4 Å². The van der Waals surface area contributed by atoms with E-state index in [2.05, 4.69) is 24.3 Å². The van der Waals surface area contributed by atoms with E-state index in [0.717, 1.165) is 0 Å². The molecule has 1 N–H and O–H groups in total. The lowest BCUT2D eigenvalue weighted by Gasteiger charge is -2.16. The molecule has 0 fully saturated rings. The number of hydrogen-bond acceptors (Lipinski definition) is 2. The van der Waals surface area contributed by atoms with Gasteiger partial charge in [-0.2, -0.15) is 11.8 Å². The molecule has 1 unspecified atom stereocenters. The number of carboxylic acid groups (broad SMARTS) is 1. The number of benzene rings is 1. The first kappa shape index (κ1) is 12.5. The van der Waals surface area contributed by atoms with Crippen LogP contribution in [-0.2, 0) is 11.2 Å². The van der Waals surface area contributed by atoms with Gasteiger partial charge in [-0.3, -0.25) is 4.79 Å². The lowest BCUT2D eigenvalue weighted by atomic mass is 10.0. The first-order chi connectivity index (χ1) is 8.27. The normalized spacial score (nSPS) is 19.4.